The monoisotopic (exact) mass is 284 g/mol. The maximum Gasteiger partial charge on any atom is 0.137 e. The number of hydrogen-bond donors (Lipinski definition) is 1. The third-order valence-corrected chi connectivity index (χ3v) is 4.92. The number of ether oxygens (including phenoxy) is 1. The molecule has 0 amide bonds. The van der Waals surface area contributed by atoms with Crippen LogP contribution in [0.4, 0.5) is 5.82 Å². The minimum Gasteiger partial charge on any atom is -0.496 e. The number of pyridine rings is 1. The summed E-state index contributed by atoms with van der Waals surface area (Å²) in [6.07, 6.45) is 5.75. The van der Waals surface area contributed by atoms with Crippen LogP contribution in [0.15, 0.2) is 30.5 Å². The number of nitrogens with zero attached hydrogens (tertiary/aromatic N) is 2. The molecule has 2 aromatic rings. The van der Waals surface area contributed by atoms with Crippen molar-refractivity contribution < 1.29 is 9.84 Å². The largest absolute Gasteiger partial charge is 0.496 e. The first kappa shape index (κ1) is 12.9. The number of aliphatic hydroxyl groups excluding tert-OH is 1. The van der Waals surface area contributed by atoms with Crippen molar-refractivity contribution in [3.05, 3.63) is 30.5 Å². The normalized spacial score (nSPS) is 28.1. The highest BCUT2D eigenvalue weighted by Crippen LogP contribution is 2.41. The van der Waals surface area contributed by atoms with E-state index in [9.17, 15) is 5.11 Å². The van der Waals surface area contributed by atoms with Gasteiger partial charge < -0.3 is 14.7 Å². The van der Waals surface area contributed by atoms with Crippen LogP contribution < -0.4 is 9.64 Å². The molecule has 1 N–H and O–H groups in total. The average Bonchev–Trinajstić information content (AvgIpc) is 2.77. The molecule has 0 spiro atoms. The first-order valence-electron chi connectivity index (χ1n) is 7.66. The molecule has 0 aliphatic carbocycles. The molecule has 2 aliphatic heterocycles. The van der Waals surface area contributed by atoms with E-state index < -0.39 is 0 Å². The van der Waals surface area contributed by atoms with Crippen LogP contribution in [-0.2, 0) is 0 Å². The molecule has 4 heteroatoms. The van der Waals surface area contributed by atoms with Crippen LogP contribution in [0.3, 0.4) is 0 Å². The maximum atomic E-state index is 9.98. The standard InChI is InChI=1S/C17H20N2O2/c1-21-16-4-2-3-15-14(16)7-8-18-17(15)19-11-5-6-12(19)10-13(20)9-11/h2-4,7-8,11-13,20H,5-6,9-10H2,1H3. The van der Waals surface area contributed by atoms with Crippen molar-refractivity contribution in [2.75, 3.05) is 12.0 Å². The number of methoxy groups -OCH3 is 1. The smallest absolute Gasteiger partial charge is 0.137 e. The van der Waals surface area contributed by atoms with Crippen LogP contribution in [0.1, 0.15) is 25.7 Å². The Hall–Kier alpha value is -1.81. The summed E-state index contributed by atoms with van der Waals surface area (Å²) in [4.78, 5) is 7.10. The van der Waals surface area contributed by atoms with Gasteiger partial charge in [-0.3, -0.25) is 0 Å². The predicted octanol–water partition coefficient (Wildman–Crippen LogP) is 2.74. The number of fused-ring (bicyclic) bond motifs is 3. The summed E-state index contributed by atoms with van der Waals surface area (Å²) in [6.45, 7) is 0. The van der Waals surface area contributed by atoms with Gasteiger partial charge in [-0.25, -0.2) is 4.98 Å². The number of aromatic nitrogens is 1. The molecule has 0 saturated carbocycles. The summed E-state index contributed by atoms with van der Waals surface area (Å²) >= 11 is 0. The molecule has 0 radical (unpaired) electrons. The third kappa shape index (κ3) is 1.97. The van der Waals surface area contributed by atoms with E-state index >= 15 is 0 Å². The molecule has 110 valence electrons. The minimum atomic E-state index is -0.150. The van der Waals surface area contributed by atoms with Crippen LogP contribution in [-0.4, -0.2) is 35.4 Å². The van der Waals surface area contributed by atoms with Crippen LogP contribution in [0.5, 0.6) is 5.75 Å². The van der Waals surface area contributed by atoms with E-state index in [2.05, 4.69) is 16.0 Å². The molecular weight excluding hydrogens is 264 g/mol. The summed E-state index contributed by atoms with van der Waals surface area (Å²) in [5, 5.41) is 12.2. The molecule has 2 saturated heterocycles. The van der Waals surface area contributed by atoms with Gasteiger partial charge in [0.15, 0.2) is 0 Å². The zero-order chi connectivity index (χ0) is 14.4. The van der Waals surface area contributed by atoms with Gasteiger partial charge in [-0.05, 0) is 37.8 Å². The Labute approximate surface area is 124 Å². The van der Waals surface area contributed by atoms with E-state index in [0.29, 0.717) is 12.1 Å². The number of aliphatic hydroxyl groups is 1. The zero-order valence-corrected chi connectivity index (χ0v) is 12.2. The topological polar surface area (TPSA) is 45.6 Å². The molecular formula is C17H20N2O2. The fourth-order valence-electron chi connectivity index (χ4n) is 4.04. The summed E-state index contributed by atoms with van der Waals surface area (Å²) in [7, 11) is 1.70. The Morgan fingerprint density at radius 2 is 1.90 bits per heavy atom. The molecule has 2 aliphatic rings. The first-order valence-corrected chi connectivity index (χ1v) is 7.66. The Morgan fingerprint density at radius 1 is 1.14 bits per heavy atom. The second-order valence-electron chi connectivity index (χ2n) is 6.11. The first-order chi connectivity index (χ1) is 10.3. The van der Waals surface area contributed by atoms with Crippen molar-refractivity contribution in [3.63, 3.8) is 0 Å². The molecule has 2 atom stereocenters. The van der Waals surface area contributed by atoms with Gasteiger partial charge in [0.1, 0.15) is 11.6 Å². The molecule has 2 unspecified atom stereocenters. The third-order valence-electron chi connectivity index (χ3n) is 4.92. The van der Waals surface area contributed by atoms with Crippen LogP contribution in [0, 0.1) is 0 Å². The van der Waals surface area contributed by atoms with Gasteiger partial charge in [-0.15, -0.1) is 0 Å². The van der Waals surface area contributed by atoms with Gasteiger partial charge in [-0.2, -0.15) is 0 Å². The van der Waals surface area contributed by atoms with Crippen molar-refractivity contribution in [2.24, 2.45) is 0 Å². The summed E-state index contributed by atoms with van der Waals surface area (Å²) in [5.74, 6) is 1.94. The van der Waals surface area contributed by atoms with E-state index in [0.717, 1.165) is 48.0 Å². The van der Waals surface area contributed by atoms with Gasteiger partial charge in [0, 0.05) is 29.1 Å². The highest BCUT2D eigenvalue weighted by molar-refractivity contribution is 5.96. The lowest BCUT2D eigenvalue weighted by Gasteiger charge is -2.38. The van der Waals surface area contributed by atoms with E-state index in [-0.39, 0.29) is 6.10 Å². The number of hydrogen-bond acceptors (Lipinski definition) is 4. The van der Waals surface area contributed by atoms with Crippen molar-refractivity contribution >= 4 is 16.6 Å². The van der Waals surface area contributed by atoms with Crippen molar-refractivity contribution in [1.82, 2.24) is 4.98 Å². The van der Waals surface area contributed by atoms with E-state index in [1.54, 1.807) is 7.11 Å². The highest BCUT2D eigenvalue weighted by Gasteiger charge is 2.41. The van der Waals surface area contributed by atoms with Crippen molar-refractivity contribution in [3.8, 4) is 5.75 Å². The highest BCUT2D eigenvalue weighted by atomic mass is 16.5. The Kier molecular flexibility index (Phi) is 3.00. The number of rotatable bonds is 2. The lowest BCUT2D eigenvalue weighted by Crippen LogP contribution is -2.45. The second-order valence-corrected chi connectivity index (χ2v) is 6.11. The summed E-state index contributed by atoms with van der Waals surface area (Å²) in [6, 6.07) is 8.97. The lowest BCUT2D eigenvalue weighted by atomic mass is 9.99. The molecule has 4 nitrogen and oxygen atoms in total. The van der Waals surface area contributed by atoms with Crippen molar-refractivity contribution in [2.45, 2.75) is 43.9 Å². The van der Waals surface area contributed by atoms with Gasteiger partial charge >= 0.3 is 0 Å². The average molecular weight is 284 g/mol. The van der Waals surface area contributed by atoms with Gasteiger partial charge in [0.25, 0.3) is 0 Å². The molecule has 21 heavy (non-hydrogen) atoms. The molecule has 1 aromatic heterocycles. The van der Waals surface area contributed by atoms with E-state index in [1.807, 2.05) is 24.4 Å². The van der Waals surface area contributed by atoms with Crippen molar-refractivity contribution in [1.29, 1.82) is 0 Å². The minimum absolute atomic E-state index is 0.150. The van der Waals surface area contributed by atoms with Crippen LogP contribution in [0.2, 0.25) is 0 Å². The Morgan fingerprint density at radius 3 is 2.62 bits per heavy atom. The van der Waals surface area contributed by atoms with Gasteiger partial charge in [0.2, 0.25) is 0 Å². The second kappa shape index (κ2) is 4.88. The zero-order valence-electron chi connectivity index (χ0n) is 12.2. The summed E-state index contributed by atoms with van der Waals surface area (Å²) < 4.78 is 5.47. The molecule has 2 fully saturated rings. The predicted molar refractivity (Wildman–Crippen MR) is 82.8 cm³/mol. The number of anilines is 1. The number of benzene rings is 1. The van der Waals surface area contributed by atoms with Gasteiger partial charge in [-0.1, -0.05) is 12.1 Å². The van der Waals surface area contributed by atoms with Crippen LogP contribution in [0.25, 0.3) is 10.8 Å². The van der Waals surface area contributed by atoms with E-state index in [4.69, 9.17) is 4.74 Å². The lowest BCUT2D eigenvalue weighted by molar-refractivity contribution is 0.126. The quantitative estimate of drug-likeness (QED) is 0.921. The fourth-order valence-corrected chi connectivity index (χ4v) is 4.04. The Bertz CT molecular complexity index is 659. The fraction of sp³-hybridized carbons (Fsp3) is 0.471. The van der Waals surface area contributed by atoms with Gasteiger partial charge in [0.05, 0.1) is 13.2 Å². The van der Waals surface area contributed by atoms with E-state index in [1.165, 1.54) is 0 Å². The maximum absolute atomic E-state index is 9.98. The summed E-state index contributed by atoms with van der Waals surface area (Å²) in [5.41, 5.74) is 0. The molecule has 4 rings (SSSR count). The SMILES string of the molecule is COc1cccc2c(N3C4CCC3CC(O)C4)nccc12. The number of piperidine rings is 1. The molecule has 2 bridgehead atoms. The molecule has 1 aromatic carbocycles. The molecule has 3 heterocycles. The van der Waals surface area contributed by atoms with Crippen LogP contribution >= 0.6 is 0 Å². The Balaban J connectivity index is 1.84.